The molecule has 1 heterocycles. The van der Waals surface area contributed by atoms with Crippen LogP contribution >= 0.6 is 15.9 Å². The summed E-state index contributed by atoms with van der Waals surface area (Å²) in [6.07, 6.45) is 0. The van der Waals surface area contributed by atoms with Gasteiger partial charge in [0.25, 0.3) is 4.73 Å². The first kappa shape index (κ1) is 11.6. The van der Waals surface area contributed by atoms with Gasteiger partial charge in [-0.05, 0) is 9.91 Å². The number of aromatic nitrogens is 3. The lowest BCUT2D eigenvalue weighted by molar-refractivity contribution is -0.394. The van der Waals surface area contributed by atoms with Gasteiger partial charge in [0.2, 0.25) is 5.91 Å². The Kier molecular flexibility index (Phi) is 3.72. The topological polar surface area (TPSA) is 103 Å². The molecular weight excluding hydrogens is 270 g/mol. The van der Waals surface area contributed by atoms with Crippen LogP contribution in [0.2, 0.25) is 0 Å². The lowest BCUT2D eigenvalue weighted by Crippen LogP contribution is -2.24. The molecule has 0 aromatic carbocycles. The lowest BCUT2D eigenvalue weighted by Gasteiger charge is -1.98. The summed E-state index contributed by atoms with van der Waals surface area (Å²) in [5.74, 6) is -0.634. The molecule has 1 rings (SSSR count). The first-order valence-corrected chi connectivity index (χ1v) is 4.79. The van der Waals surface area contributed by atoms with Crippen LogP contribution in [0.25, 0.3) is 0 Å². The van der Waals surface area contributed by atoms with Crippen LogP contribution in [0, 0.1) is 10.1 Å². The summed E-state index contributed by atoms with van der Waals surface area (Å²) < 4.78 is 1.56. The molecule has 0 bridgehead atoms. The SMILES string of the molecule is CC(=O)NCCn1nc([N+](=O)[O-])nc1Br. The van der Waals surface area contributed by atoms with Gasteiger partial charge in [-0.25, -0.2) is 0 Å². The van der Waals surface area contributed by atoms with E-state index in [0.717, 1.165) is 0 Å². The largest absolute Gasteiger partial charge is 0.492 e. The van der Waals surface area contributed by atoms with Crippen molar-refractivity contribution in [3.8, 4) is 0 Å². The van der Waals surface area contributed by atoms with Gasteiger partial charge in [0.15, 0.2) is 0 Å². The summed E-state index contributed by atoms with van der Waals surface area (Å²) in [6, 6.07) is 0. The quantitative estimate of drug-likeness (QED) is 0.620. The number of carbonyl (C=O) groups is 1. The number of hydrogen-bond donors (Lipinski definition) is 1. The Bertz CT molecular complexity index is 390. The van der Waals surface area contributed by atoms with E-state index in [1.165, 1.54) is 11.6 Å². The molecule has 8 nitrogen and oxygen atoms in total. The van der Waals surface area contributed by atoms with Gasteiger partial charge in [-0.3, -0.25) is 4.79 Å². The van der Waals surface area contributed by atoms with Crippen molar-refractivity contribution in [1.29, 1.82) is 0 Å². The highest BCUT2D eigenvalue weighted by atomic mass is 79.9. The van der Waals surface area contributed by atoms with Crippen LogP contribution in [0.15, 0.2) is 4.73 Å². The van der Waals surface area contributed by atoms with E-state index >= 15 is 0 Å². The van der Waals surface area contributed by atoms with Gasteiger partial charge < -0.3 is 15.4 Å². The zero-order chi connectivity index (χ0) is 11.4. The molecule has 1 aromatic rings. The Morgan fingerprint density at radius 3 is 2.87 bits per heavy atom. The number of rotatable bonds is 4. The molecule has 0 aliphatic carbocycles. The predicted molar refractivity (Wildman–Crippen MR) is 53.1 cm³/mol. The van der Waals surface area contributed by atoms with E-state index in [0.29, 0.717) is 13.1 Å². The molecule has 0 unspecified atom stereocenters. The van der Waals surface area contributed by atoms with Gasteiger partial charge in [0, 0.05) is 34.5 Å². The first-order chi connectivity index (χ1) is 7.00. The molecule has 0 spiro atoms. The molecular formula is C6H8BrN5O3. The molecule has 0 atom stereocenters. The number of hydrogen-bond acceptors (Lipinski definition) is 5. The van der Waals surface area contributed by atoms with Crippen molar-refractivity contribution < 1.29 is 9.72 Å². The third-order valence-corrected chi connectivity index (χ3v) is 2.06. The fraction of sp³-hybridized carbons (Fsp3) is 0.500. The van der Waals surface area contributed by atoms with E-state index in [2.05, 4.69) is 31.3 Å². The van der Waals surface area contributed by atoms with Gasteiger partial charge in [0.1, 0.15) is 0 Å². The van der Waals surface area contributed by atoms with E-state index in [1.807, 2.05) is 0 Å². The van der Waals surface area contributed by atoms with Crippen molar-refractivity contribution in [3.05, 3.63) is 14.8 Å². The highest BCUT2D eigenvalue weighted by molar-refractivity contribution is 9.10. The summed E-state index contributed by atoms with van der Waals surface area (Å²) >= 11 is 3.02. The summed E-state index contributed by atoms with van der Waals surface area (Å²) in [4.78, 5) is 23.8. The maximum absolute atomic E-state index is 10.6. The van der Waals surface area contributed by atoms with Gasteiger partial charge in [-0.1, -0.05) is 0 Å². The minimum absolute atomic E-state index is 0.166. The van der Waals surface area contributed by atoms with Crippen LogP contribution in [0.4, 0.5) is 5.95 Å². The second-order valence-electron chi connectivity index (χ2n) is 2.64. The molecule has 0 saturated heterocycles. The monoisotopic (exact) mass is 277 g/mol. The standard InChI is InChI=1S/C6H8BrN5O3/c1-4(13)8-2-3-11-5(7)9-6(10-11)12(14)15/h2-3H2,1H3,(H,8,13). The average molecular weight is 278 g/mol. The average Bonchev–Trinajstić information content (AvgIpc) is 2.47. The highest BCUT2D eigenvalue weighted by Crippen LogP contribution is 2.11. The lowest BCUT2D eigenvalue weighted by atomic mass is 10.6. The van der Waals surface area contributed by atoms with Gasteiger partial charge >= 0.3 is 5.95 Å². The Morgan fingerprint density at radius 1 is 1.73 bits per heavy atom. The maximum atomic E-state index is 10.6. The zero-order valence-electron chi connectivity index (χ0n) is 7.81. The fourth-order valence-corrected chi connectivity index (χ4v) is 1.28. The molecule has 15 heavy (non-hydrogen) atoms. The van der Waals surface area contributed by atoms with Crippen molar-refractivity contribution >= 4 is 27.8 Å². The van der Waals surface area contributed by atoms with Crippen molar-refractivity contribution in [2.45, 2.75) is 13.5 Å². The Hall–Kier alpha value is -1.51. The third-order valence-electron chi connectivity index (χ3n) is 1.48. The Labute approximate surface area is 92.9 Å². The fourth-order valence-electron chi connectivity index (χ4n) is 0.869. The van der Waals surface area contributed by atoms with Crippen molar-refractivity contribution in [1.82, 2.24) is 20.1 Å². The molecule has 0 fully saturated rings. The van der Waals surface area contributed by atoms with E-state index in [-0.39, 0.29) is 10.6 Å². The number of amides is 1. The van der Waals surface area contributed by atoms with Crippen molar-refractivity contribution in [2.75, 3.05) is 6.54 Å². The van der Waals surface area contributed by atoms with E-state index in [9.17, 15) is 14.9 Å². The number of halogens is 1. The number of nitro groups is 1. The summed E-state index contributed by atoms with van der Waals surface area (Å²) in [5, 5.41) is 16.5. The van der Waals surface area contributed by atoms with Gasteiger partial charge in [0.05, 0.1) is 6.54 Å². The second kappa shape index (κ2) is 4.82. The molecule has 1 aromatic heterocycles. The maximum Gasteiger partial charge on any atom is 0.492 e. The summed E-state index contributed by atoms with van der Waals surface area (Å²) in [7, 11) is 0. The van der Waals surface area contributed by atoms with E-state index in [1.54, 1.807) is 0 Å². The van der Waals surface area contributed by atoms with Crippen LogP contribution in [0.5, 0.6) is 0 Å². The second-order valence-corrected chi connectivity index (χ2v) is 3.35. The molecule has 0 radical (unpaired) electrons. The van der Waals surface area contributed by atoms with Crippen LogP contribution in [0.3, 0.4) is 0 Å². The minimum atomic E-state index is -0.681. The Morgan fingerprint density at radius 2 is 2.40 bits per heavy atom. The van der Waals surface area contributed by atoms with Gasteiger partial charge in [-0.2, -0.15) is 4.68 Å². The van der Waals surface area contributed by atoms with Gasteiger partial charge in [-0.15, -0.1) is 0 Å². The van der Waals surface area contributed by atoms with Crippen LogP contribution in [-0.2, 0) is 11.3 Å². The summed E-state index contributed by atoms with van der Waals surface area (Å²) in [5.41, 5.74) is 0. The van der Waals surface area contributed by atoms with Crippen LogP contribution < -0.4 is 5.32 Å². The molecule has 1 amide bonds. The first-order valence-electron chi connectivity index (χ1n) is 4.00. The number of nitrogens with one attached hydrogen (secondary N) is 1. The molecule has 0 saturated carbocycles. The molecule has 1 N–H and O–H groups in total. The molecule has 9 heteroatoms. The number of carbonyl (C=O) groups excluding carboxylic acids is 1. The summed E-state index contributed by atoms with van der Waals surface area (Å²) in [6.45, 7) is 2.05. The van der Waals surface area contributed by atoms with Crippen molar-refractivity contribution in [2.24, 2.45) is 0 Å². The van der Waals surface area contributed by atoms with Crippen molar-refractivity contribution in [3.63, 3.8) is 0 Å². The third kappa shape index (κ3) is 3.27. The number of nitrogens with zero attached hydrogens (tertiary/aromatic N) is 4. The van der Waals surface area contributed by atoms with E-state index in [4.69, 9.17) is 0 Å². The normalized spacial score (nSPS) is 10.0. The highest BCUT2D eigenvalue weighted by Gasteiger charge is 2.18. The smallest absolute Gasteiger partial charge is 0.390 e. The Balaban J connectivity index is 2.61. The zero-order valence-corrected chi connectivity index (χ0v) is 9.39. The molecule has 0 aliphatic heterocycles. The van der Waals surface area contributed by atoms with E-state index < -0.39 is 10.9 Å². The van der Waals surface area contributed by atoms with Crippen LogP contribution in [-0.4, -0.2) is 32.1 Å². The molecule has 0 aliphatic rings. The molecule has 82 valence electrons. The predicted octanol–water partition coefficient (Wildman–Crippen LogP) is 0.0849. The minimum Gasteiger partial charge on any atom is -0.390 e. The van der Waals surface area contributed by atoms with Crippen LogP contribution in [0.1, 0.15) is 6.92 Å².